The van der Waals surface area contributed by atoms with E-state index in [4.69, 9.17) is 5.73 Å². The lowest BCUT2D eigenvalue weighted by Gasteiger charge is -2.37. The number of hydrogen-bond acceptors (Lipinski definition) is 3. The fourth-order valence-electron chi connectivity index (χ4n) is 2.82. The van der Waals surface area contributed by atoms with Crippen LogP contribution >= 0.6 is 0 Å². The molecule has 19 heavy (non-hydrogen) atoms. The predicted octanol–water partition coefficient (Wildman–Crippen LogP) is 2.02. The van der Waals surface area contributed by atoms with Crippen LogP contribution in [-0.4, -0.2) is 49.6 Å². The number of nitrogens with zero attached hydrogens (tertiary/aromatic N) is 2. The van der Waals surface area contributed by atoms with Gasteiger partial charge < -0.3 is 10.6 Å². The third kappa shape index (κ3) is 4.03. The average Bonchev–Trinajstić information content (AvgIpc) is 2.39. The Morgan fingerprint density at radius 1 is 1.32 bits per heavy atom. The summed E-state index contributed by atoms with van der Waals surface area (Å²) >= 11 is 0. The van der Waals surface area contributed by atoms with Crippen molar-refractivity contribution >= 4 is 0 Å². The second kappa shape index (κ2) is 6.51. The molecule has 0 radical (unpaired) electrons. The quantitative estimate of drug-likeness (QED) is 0.900. The molecule has 1 aliphatic rings. The molecule has 0 amide bonds. The first kappa shape index (κ1) is 14.5. The molecule has 1 aromatic carbocycles. The van der Waals surface area contributed by atoms with Gasteiger partial charge >= 0.3 is 0 Å². The molecular weight excluding hydrogens is 234 g/mol. The van der Waals surface area contributed by atoms with Crippen molar-refractivity contribution in [1.29, 1.82) is 0 Å². The van der Waals surface area contributed by atoms with Crippen LogP contribution in [0.25, 0.3) is 0 Å². The topological polar surface area (TPSA) is 32.5 Å². The number of likely N-dealkylation sites (N-methyl/N-ethyl adjacent to an activating group) is 1. The molecule has 0 saturated carbocycles. The van der Waals surface area contributed by atoms with E-state index in [0.29, 0.717) is 6.04 Å². The molecule has 2 unspecified atom stereocenters. The zero-order valence-corrected chi connectivity index (χ0v) is 12.5. The van der Waals surface area contributed by atoms with Crippen molar-refractivity contribution in [3.63, 3.8) is 0 Å². The molecular formula is C16H27N3. The monoisotopic (exact) mass is 261 g/mol. The molecule has 0 aliphatic carbocycles. The van der Waals surface area contributed by atoms with Gasteiger partial charge in [-0.1, -0.05) is 29.8 Å². The Bertz CT molecular complexity index is 385. The lowest BCUT2D eigenvalue weighted by Crippen LogP contribution is -2.47. The minimum Gasteiger partial charge on any atom is -0.323 e. The highest BCUT2D eigenvalue weighted by atomic mass is 15.2. The van der Waals surface area contributed by atoms with E-state index in [1.54, 1.807) is 0 Å². The van der Waals surface area contributed by atoms with E-state index in [-0.39, 0.29) is 6.04 Å². The van der Waals surface area contributed by atoms with Gasteiger partial charge in [-0.2, -0.15) is 0 Å². The minimum absolute atomic E-state index is 0.126. The Kier molecular flexibility index (Phi) is 4.97. The van der Waals surface area contributed by atoms with Gasteiger partial charge in [0.05, 0.1) is 0 Å². The van der Waals surface area contributed by atoms with E-state index in [9.17, 15) is 0 Å². The van der Waals surface area contributed by atoms with Crippen molar-refractivity contribution in [3.05, 3.63) is 35.4 Å². The summed E-state index contributed by atoms with van der Waals surface area (Å²) in [5.74, 6) is 0. The number of rotatable bonds is 4. The fourth-order valence-corrected chi connectivity index (χ4v) is 2.82. The van der Waals surface area contributed by atoms with Gasteiger partial charge in [-0.25, -0.2) is 0 Å². The third-order valence-corrected chi connectivity index (χ3v) is 4.17. The lowest BCUT2D eigenvalue weighted by molar-refractivity contribution is 0.128. The summed E-state index contributed by atoms with van der Waals surface area (Å²) in [5.41, 5.74) is 8.88. The summed E-state index contributed by atoms with van der Waals surface area (Å²) in [6.45, 7) is 5.41. The highest BCUT2D eigenvalue weighted by molar-refractivity contribution is 5.24. The van der Waals surface area contributed by atoms with Gasteiger partial charge in [0, 0.05) is 25.2 Å². The number of aryl methyl sites for hydroxylation is 1. The first-order valence-corrected chi connectivity index (χ1v) is 7.27. The Morgan fingerprint density at radius 3 is 2.63 bits per heavy atom. The summed E-state index contributed by atoms with van der Waals surface area (Å²) in [6, 6.07) is 9.42. The summed E-state index contributed by atoms with van der Waals surface area (Å²) < 4.78 is 0. The van der Waals surface area contributed by atoms with Crippen LogP contribution in [0.2, 0.25) is 0 Å². The van der Waals surface area contributed by atoms with Crippen LogP contribution in [0.5, 0.6) is 0 Å². The fraction of sp³-hybridized carbons (Fsp3) is 0.625. The number of nitrogens with two attached hydrogens (primary N) is 1. The van der Waals surface area contributed by atoms with Crippen molar-refractivity contribution in [2.75, 3.05) is 33.7 Å². The van der Waals surface area contributed by atoms with E-state index in [0.717, 1.165) is 13.1 Å². The smallest absolute Gasteiger partial charge is 0.0424 e. The van der Waals surface area contributed by atoms with Gasteiger partial charge in [0.2, 0.25) is 0 Å². The van der Waals surface area contributed by atoms with Gasteiger partial charge in [-0.05, 0) is 46.0 Å². The minimum atomic E-state index is 0.126. The number of piperidine rings is 1. The SMILES string of the molecule is Cc1ccc(C(N)CN2CCCC(N(C)C)C2)cc1. The molecule has 2 atom stereocenters. The molecule has 3 nitrogen and oxygen atoms in total. The third-order valence-electron chi connectivity index (χ3n) is 4.17. The second-order valence-electron chi connectivity index (χ2n) is 6.04. The maximum Gasteiger partial charge on any atom is 0.0424 e. The lowest BCUT2D eigenvalue weighted by atomic mass is 10.0. The second-order valence-corrected chi connectivity index (χ2v) is 6.04. The van der Waals surface area contributed by atoms with Crippen molar-refractivity contribution < 1.29 is 0 Å². The van der Waals surface area contributed by atoms with E-state index in [2.05, 4.69) is 55.1 Å². The van der Waals surface area contributed by atoms with Gasteiger partial charge in [0.25, 0.3) is 0 Å². The zero-order chi connectivity index (χ0) is 13.8. The van der Waals surface area contributed by atoms with Crippen LogP contribution in [0.1, 0.15) is 30.0 Å². The van der Waals surface area contributed by atoms with Crippen LogP contribution < -0.4 is 5.73 Å². The first-order chi connectivity index (χ1) is 9.06. The van der Waals surface area contributed by atoms with Crippen LogP contribution in [0.3, 0.4) is 0 Å². The Labute approximate surface area is 117 Å². The largest absolute Gasteiger partial charge is 0.323 e. The molecule has 1 heterocycles. The van der Waals surface area contributed by atoms with E-state index < -0.39 is 0 Å². The van der Waals surface area contributed by atoms with Gasteiger partial charge in [-0.15, -0.1) is 0 Å². The molecule has 1 aliphatic heterocycles. The molecule has 2 N–H and O–H groups in total. The van der Waals surface area contributed by atoms with Crippen molar-refractivity contribution in [2.24, 2.45) is 5.73 Å². The molecule has 3 heteroatoms. The standard InChI is InChI=1S/C16H27N3/c1-13-6-8-14(9-7-13)16(17)12-19-10-4-5-15(11-19)18(2)3/h6-9,15-16H,4-5,10-12,17H2,1-3H3. The van der Waals surface area contributed by atoms with Gasteiger partial charge in [0.15, 0.2) is 0 Å². The van der Waals surface area contributed by atoms with Gasteiger partial charge in [0.1, 0.15) is 0 Å². The van der Waals surface area contributed by atoms with E-state index in [1.165, 1.54) is 30.5 Å². The number of likely N-dealkylation sites (tertiary alicyclic amines) is 1. The zero-order valence-electron chi connectivity index (χ0n) is 12.5. The van der Waals surface area contributed by atoms with Crippen LogP contribution in [-0.2, 0) is 0 Å². The Balaban J connectivity index is 1.91. The molecule has 1 fully saturated rings. The van der Waals surface area contributed by atoms with Gasteiger partial charge in [-0.3, -0.25) is 4.90 Å². The molecule has 0 spiro atoms. The molecule has 1 saturated heterocycles. The first-order valence-electron chi connectivity index (χ1n) is 7.27. The number of hydrogen-bond donors (Lipinski definition) is 1. The van der Waals surface area contributed by atoms with Crippen molar-refractivity contribution in [3.8, 4) is 0 Å². The molecule has 2 rings (SSSR count). The highest BCUT2D eigenvalue weighted by Gasteiger charge is 2.22. The maximum absolute atomic E-state index is 6.34. The summed E-state index contributed by atoms with van der Waals surface area (Å²) in [5, 5.41) is 0. The normalized spacial score (nSPS) is 22.7. The summed E-state index contributed by atoms with van der Waals surface area (Å²) in [6.07, 6.45) is 2.59. The van der Waals surface area contributed by atoms with Crippen LogP contribution in [0.4, 0.5) is 0 Å². The van der Waals surface area contributed by atoms with Crippen LogP contribution in [0, 0.1) is 6.92 Å². The van der Waals surface area contributed by atoms with Crippen molar-refractivity contribution in [2.45, 2.75) is 31.8 Å². The molecule has 106 valence electrons. The Morgan fingerprint density at radius 2 is 2.00 bits per heavy atom. The highest BCUT2D eigenvalue weighted by Crippen LogP contribution is 2.18. The molecule has 0 aromatic heterocycles. The predicted molar refractivity (Wildman–Crippen MR) is 81.3 cm³/mol. The van der Waals surface area contributed by atoms with E-state index in [1.807, 2.05) is 0 Å². The number of benzene rings is 1. The van der Waals surface area contributed by atoms with E-state index >= 15 is 0 Å². The van der Waals surface area contributed by atoms with Crippen molar-refractivity contribution in [1.82, 2.24) is 9.80 Å². The average molecular weight is 261 g/mol. The summed E-state index contributed by atoms with van der Waals surface area (Å²) in [7, 11) is 4.35. The summed E-state index contributed by atoms with van der Waals surface area (Å²) in [4.78, 5) is 4.85. The maximum atomic E-state index is 6.34. The van der Waals surface area contributed by atoms with Crippen LogP contribution in [0.15, 0.2) is 24.3 Å². The molecule has 0 bridgehead atoms. The molecule has 1 aromatic rings. The Hall–Kier alpha value is -0.900.